The molecule has 0 aliphatic heterocycles. The Morgan fingerprint density at radius 1 is 1.35 bits per heavy atom. The molecule has 0 saturated carbocycles. The topological polar surface area (TPSA) is 35.1 Å². The number of fused-ring (bicyclic) bond motifs is 1. The number of aryl methyl sites for hydroxylation is 1. The zero-order valence-corrected chi connectivity index (χ0v) is 9.83. The number of halogens is 2. The van der Waals surface area contributed by atoms with Crippen molar-refractivity contribution in [1.29, 1.82) is 0 Å². The second-order valence-electron chi connectivity index (χ2n) is 4.39. The average Bonchev–Trinajstić information content (AvgIpc) is 2.54. The summed E-state index contributed by atoms with van der Waals surface area (Å²) < 4.78 is 33.8. The monoisotopic (exact) mass is 241 g/mol. The predicted octanol–water partition coefficient (Wildman–Crippen LogP) is 2.88. The number of alkyl halides is 2. The van der Waals surface area contributed by atoms with Crippen LogP contribution in [0.25, 0.3) is 11.1 Å². The normalized spacial score (nSPS) is 12.6. The Labute approximate surface area is 96.7 Å². The number of aromatic nitrogens is 1. The van der Waals surface area contributed by atoms with Gasteiger partial charge in [0.15, 0.2) is 5.58 Å². The Bertz CT molecular complexity index is 610. The van der Waals surface area contributed by atoms with Gasteiger partial charge in [-0.05, 0) is 18.2 Å². The number of oxazole rings is 1. The molecule has 0 N–H and O–H groups in total. The molecule has 92 valence electrons. The van der Waals surface area contributed by atoms with Crippen molar-refractivity contribution < 1.29 is 13.2 Å². The Balaban J connectivity index is 2.66. The molecule has 2 rings (SSSR count). The van der Waals surface area contributed by atoms with Gasteiger partial charge >= 0.3 is 5.76 Å². The summed E-state index contributed by atoms with van der Waals surface area (Å²) in [5, 5.41) is 0. The molecular weight excluding hydrogens is 228 g/mol. The van der Waals surface area contributed by atoms with E-state index in [1.807, 2.05) is 0 Å². The summed E-state index contributed by atoms with van der Waals surface area (Å²) in [6.07, 6.45) is 0. The van der Waals surface area contributed by atoms with Crippen molar-refractivity contribution in [1.82, 2.24) is 4.57 Å². The molecule has 0 aliphatic rings. The smallest absolute Gasteiger partial charge is 0.408 e. The van der Waals surface area contributed by atoms with Crippen molar-refractivity contribution in [3.8, 4) is 0 Å². The van der Waals surface area contributed by atoms with E-state index in [0.29, 0.717) is 11.1 Å². The Morgan fingerprint density at radius 2 is 2.00 bits per heavy atom. The van der Waals surface area contributed by atoms with Crippen molar-refractivity contribution >= 4 is 11.1 Å². The van der Waals surface area contributed by atoms with Crippen LogP contribution in [0.4, 0.5) is 8.78 Å². The summed E-state index contributed by atoms with van der Waals surface area (Å²) in [7, 11) is 1.49. The molecule has 3 nitrogen and oxygen atoms in total. The highest BCUT2D eigenvalue weighted by atomic mass is 19.3. The second kappa shape index (κ2) is 3.68. The summed E-state index contributed by atoms with van der Waals surface area (Å²) in [6, 6.07) is 4.01. The summed E-state index contributed by atoms with van der Waals surface area (Å²) in [6.45, 7) is 2.91. The number of hydrogen-bond donors (Lipinski definition) is 0. The van der Waals surface area contributed by atoms with E-state index in [4.69, 9.17) is 4.42 Å². The van der Waals surface area contributed by atoms with Gasteiger partial charge < -0.3 is 4.42 Å². The molecule has 0 atom stereocenters. The second-order valence-corrected chi connectivity index (χ2v) is 4.39. The van der Waals surface area contributed by atoms with Crippen molar-refractivity contribution in [2.24, 2.45) is 13.0 Å². The predicted molar refractivity (Wildman–Crippen MR) is 60.2 cm³/mol. The lowest BCUT2D eigenvalue weighted by Crippen LogP contribution is -2.20. The molecule has 0 unspecified atom stereocenters. The number of benzene rings is 1. The van der Waals surface area contributed by atoms with E-state index in [0.717, 1.165) is 0 Å². The van der Waals surface area contributed by atoms with Crippen molar-refractivity contribution in [3.63, 3.8) is 0 Å². The fourth-order valence-corrected chi connectivity index (χ4v) is 1.67. The fraction of sp³-hybridized carbons (Fsp3) is 0.417. The van der Waals surface area contributed by atoms with E-state index in [1.54, 1.807) is 0 Å². The average molecular weight is 241 g/mol. The van der Waals surface area contributed by atoms with Crippen molar-refractivity contribution in [3.05, 3.63) is 34.3 Å². The molecule has 0 bridgehead atoms. The maximum Gasteiger partial charge on any atom is 0.419 e. The van der Waals surface area contributed by atoms with Gasteiger partial charge in [-0.3, -0.25) is 4.57 Å². The summed E-state index contributed by atoms with van der Waals surface area (Å²) in [5.74, 6) is -4.27. The van der Waals surface area contributed by atoms with Gasteiger partial charge in [0, 0.05) is 18.5 Å². The molecule has 1 aromatic heterocycles. The van der Waals surface area contributed by atoms with Gasteiger partial charge in [0.1, 0.15) is 0 Å². The highest BCUT2D eigenvalue weighted by molar-refractivity contribution is 5.73. The fourth-order valence-electron chi connectivity index (χ4n) is 1.67. The Kier molecular flexibility index (Phi) is 2.56. The van der Waals surface area contributed by atoms with Crippen molar-refractivity contribution in [2.45, 2.75) is 19.8 Å². The van der Waals surface area contributed by atoms with Gasteiger partial charge in [0.25, 0.3) is 5.92 Å². The molecule has 0 amide bonds. The SMILES string of the molecule is CC(C)C(F)(F)c1ccc2oc(=O)n(C)c2c1. The first kappa shape index (κ1) is 11.8. The van der Waals surface area contributed by atoms with E-state index in [2.05, 4.69) is 0 Å². The highest BCUT2D eigenvalue weighted by Gasteiger charge is 2.35. The van der Waals surface area contributed by atoms with Crippen LogP contribution >= 0.6 is 0 Å². The number of hydrogen-bond acceptors (Lipinski definition) is 2. The van der Waals surface area contributed by atoms with Crippen molar-refractivity contribution in [2.75, 3.05) is 0 Å². The zero-order chi connectivity index (χ0) is 12.8. The zero-order valence-electron chi connectivity index (χ0n) is 9.83. The summed E-state index contributed by atoms with van der Waals surface area (Å²) >= 11 is 0. The highest BCUT2D eigenvalue weighted by Crippen LogP contribution is 2.36. The molecule has 0 fully saturated rings. The molecule has 5 heteroatoms. The van der Waals surface area contributed by atoms with Gasteiger partial charge in [-0.2, -0.15) is 0 Å². The largest absolute Gasteiger partial charge is 0.419 e. The number of rotatable bonds is 2. The lowest BCUT2D eigenvalue weighted by atomic mass is 9.97. The van der Waals surface area contributed by atoms with Crippen LogP contribution in [0.2, 0.25) is 0 Å². The van der Waals surface area contributed by atoms with Crippen LogP contribution in [-0.4, -0.2) is 4.57 Å². The van der Waals surface area contributed by atoms with E-state index >= 15 is 0 Å². The Morgan fingerprint density at radius 3 is 2.59 bits per heavy atom. The molecule has 0 radical (unpaired) electrons. The van der Waals surface area contributed by atoms with E-state index in [1.165, 1.54) is 43.7 Å². The van der Waals surface area contributed by atoms with Gasteiger partial charge in [-0.1, -0.05) is 13.8 Å². The first-order valence-electron chi connectivity index (χ1n) is 5.32. The van der Waals surface area contributed by atoms with Crippen LogP contribution in [0.1, 0.15) is 19.4 Å². The van der Waals surface area contributed by atoms with Crippen LogP contribution in [0, 0.1) is 5.92 Å². The van der Waals surface area contributed by atoms with Crippen LogP contribution in [-0.2, 0) is 13.0 Å². The first-order chi connectivity index (χ1) is 7.84. The maximum absolute atomic E-state index is 13.8. The number of nitrogens with zero attached hydrogens (tertiary/aromatic N) is 1. The molecular formula is C12H13F2NO2. The van der Waals surface area contributed by atoms with E-state index in [9.17, 15) is 13.6 Å². The summed E-state index contributed by atoms with van der Waals surface area (Å²) in [4.78, 5) is 11.2. The van der Waals surface area contributed by atoms with Gasteiger partial charge in [-0.15, -0.1) is 0 Å². The lowest BCUT2D eigenvalue weighted by Gasteiger charge is -2.20. The Hall–Kier alpha value is -1.65. The maximum atomic E-state index is 13.8. The third-order valence-electron chi connectivity index (χ3n) is 2.90. The molecule has 0 spiro atoms. The quantitative estimate of drug-likeness (QED) is 0.810. The molecule has 0 aliphatic carbocycles. The molecule has 1 aromatic carbocycles. The van der Waals surface area contributed by atoms with Crippen LogP contribution in [0.15, 0.2) is 27.4 Å². The third kappa shape index (κ3) is 1.75. The molecule has 2 aromatic rings. The first-order valence-corrected chi connectivity index (χ1v) is 5.32. The minimum atomic E-state index is -2.92. The van der Waals surface area contributed by atoms with Gasteiger partial charge in [0.2, 0.25) is 0 Å². The van der Waals surface area contributed by atoms with E-state index in [-0.39, 0.29) is 5.56 Å². The van der Waals surface area contributed by atoms with Gasteiger partial charge in [0.05, 0.1) is 5.52 Å². The third-order valence-corrected chi connectivity index (χ3v) is 2.90. The van der Waals surface area contributed by atoms with Crippen LogP contribution in [0.5, 0.6) is 0 Å². The minimum absolute atomic E-state index is 0.101. The standard InChI is InChI=1S/C12H13F2NO2/c1-7(2)12(13,14)8-4-5-10-9(6-8)15(3)11(16)17-10/h4-7H,1-3H3. The molecule has 17 heavy (non-hydrogen) atoms. The van der Waals surface area contributed by atoms with E-state index < -0.39 is 17.6 Å². The molecule has 0 saturated heterocycles. The molecule has 1 heterocycles. The van der Waals surface area contributed by atoms with Crippen LogP contribution < -0.4 is 5.76 Å². The minimum Gasteiger partial charge on any atom is -0.408 e. The van der Waals surface area contributed by atoms with Crippen LogP contribution in [0.3, 0.4) is 0 Å². The summed E-state index contributed by atoms with van der Waals surface area (Å²) in [5.41, 5.74) is 0.602. The van der Waals surface area contributed by atoms with Gasteiger partial charge in [-0.25, -0.2) is 13.6 Å². The lowest BCUT2D eigenvalue weighted by molar-refractivity contribution is -0.0512.